The van der Waals surface area contributed by atoms with Gasteiger partial charge in [0.2, 0.25) is 5.96 Å². The third-order valence-corrected chi connectivity index (χ3v) is 2.08. The molecule has 0 atom stereocenters. The highest BCUT2D eigenvalue weighted by Gasteiger charge is 2.02. The first-order valence-electron chi connectivity index (χ1n) is 4.45. The Morgan fingerprint density at radius 1 is 1.29 bits per heavy atom. The Hall–Kier alpha value is -1.64. The van der Waals surface area contributed by atoms with Crippen LogP contribution in [0.2, 0.25) is 0 Å². The number of benzene rings is 1. The molecule has 0 bridgehead atoms. The number of guanidine groups is 1. The summed E-state index contributed by atoms with van der Waals surface area (Å²) in [5.74, 6) is 0.544. The van der Waals surface area contributed by atoms with Gasteiger partial charge in [-0.3, -0.25) is 4.99 Å². The van der Waals surface area contributed by atoms with Gasteiger partial charge >= 0.3 is 0 Å². The molecule has 0 heterocycles. The largest absolute Gasteiger partial charge is 0.324 e. The van der Waals surface area contributed by atoms with Crippen molar-refractivity contribution >= 4 is 18.4 Å². The SMILES string of the molecule is C=NC(=NC)Nc1c(C)cccc1C. The number of hydrogen-bond acceptors (Lipinski definition) is 1. The van der Waals surface area contributed by atoms with E-state index in [1.807, 2.05) is 32.0 Å². The average molecular weight is 189 g/mol. The van der Waals surface area contributed by atoms with Gasteiger partial charge in [-0.1, -0.05) is 18.2 Å². The molecule has 14 heavy (non-hydrogen) atoms. The first kappa shape index (κ1) is 10.4. The van der Waals surface area contributed by atoms with Crippen molar-refractivity contribution in [3.05, 3.63) is 29.3 Å². The van der Waals surface area contributed by atoms with Gasteiger partial charge in [-0.2, -0.15) is 0 Å². The Labute approximate surface area is 84.6 Å². The molecule has 0 amide bonds. The van der Waals surface area contributed by atoms with E-state index in [0.717, 1.165) is 5.69 Å². The summed E-state index contributed by atoms with van der Waals surface area (Å²) in [5, 5.41) is 3.14. The Bertz CT molecular complexity index is 347. The van der Waals surface area contributed by atoms with Crippen LogP contribution in [0.15, 0.2) is 28.2 Å². The van der Waals surface area contributed by atoms with E-state index in [1.54, 1.807) is 7.05 Å². The molecule has 0 fully saturated rings. The van der Waals surface area contributed by atoms with Crippen molar-refractivity contribution in [3.8, 4) is 0 Å². The van der Waals surface area contributed by atoms with E-state index >= 15 is 0 Å². The molecule has 3 nitrogen and oxygen atoms in total. The molecular weight excluding hydrogens is 174 g/mol. The lowest BCUT2D eigenvalue weighted by atomic mass is 10.1. The number of rotatable bonds is 1. The second-order valence-electron chi connectivity index (χ2n) is 3.10. The molecule has 0 spiro atoms. The quantitative estimate of drug-likeness (QED) is 0.534. The number of para-hydroxylation sites is 1. The van der Waals surface area contributed by atoms with E-state index in [0.29, 0.717) is 5.96 Å². The lowest BCUT2D eigenvalue weighted by Gasteiger charge is -2.10. The van der Waals surface area contributed by atoms with Crippen molar-refractivity contribution in [3.63, 3.8) is 0 Å². The number of aliphatic imine (C=N–C) groups is 2. The van der Waals surface area contributed by atoms with Crippen LogP contribution in [0.1, 0.15) is 11.1 Å². The second-order valence-corrected chi connectivity index (χ2v) is 3.10. The molecule has 0 radical (unpaired) electrons. The highest BCUT2D eigenvalue weighted by Crippen LogP contribution is 2.19. The fourth-order valence-corrected chi connectivity index (χ4v) is 1.29. The highest BCUT2D eigenvalue weighted by molar-refractivity contribution is 5.97. The van der Waals surface area contributed by atoms with Crippen molar-refractivity contribution in [2.45, 2.75) is 13.8 Å². The zero-order valence-electron chi connectivity index (χ0n) is 8.83. The van der Waals surface area contributed by atoms with E-state index in [2.05, 4.69) is 22.0 Å². The summed E-state index contributed by atoms with van der Waals surface area (Å²) in [6.07, 6.45) is 0. The van der Waals surface area contributed by atoms with Gasteiger partial charge in [0.1, 0.15) is 0 Å². The van der Waals surface area contributed by atoms with Crippen molar-refractivity contribution in [2.75, 3.05) is 12.4 Å². The van der Waals surface area contributed by atoms with E-state index in [-0.39, 0.29) is 0 Å². The first-order chi connectivity index (χ1) is 6.69. The molecular formula is C11H15N3. The van der Waals surface area contributed by atoms with Crippen molar-refractivity contribution in [1.29, 1.82) is 0 Å². The maximum atomic E-state index is 3.96. The van der Waals surface area contributed by atoms with Crippen LogP contribution in [-0.2, 0) is 0 Å². The Balaban J connectivity index is 3.02. The van der Waals surface area contributed by atoms with Gasteiger partial charge in [0, 0.05) is 12.7 Å². The minimum atomic E-state index is 0.544. The van der Waals surface area contributed by atoms with Crippen LogP contribution in [0.25, 0.3) is 0 Å². The van der Waals surface area contributed by atoms with Crippen molar-refractivity contribution in [1.82, 2.24) is 0 Å². The fraction of sp³-hybridized carbons (Fsp3) is 0.273. The predicted octanol–water partition coefficient (Wildman–Crippen LogP) is 2.40. The Morgan fingerprint density at radius 3 is 2.29 bits per heavy atom. The molecule has 0 saturated heterocycles. The van der Waals surface area contributed by atoms with E-state index in [9.17, 15) is 0 Å². The van der Waals surface area contributed by atoms with Crippen LogP contribution in [0.3, 0.4) is 0 Å². The number of nitrogens with one attached hydrogen (secondary N) is 1. The number of nitrogens with zero attached hydrogens (tertiary/aromatic N) is 2. The summed E-state index contributed by atoms with van der Waals surface area (Å²) < 4.78 is 0. The number of aryl methyl sites for hydroxylation is 2. The van der Waals surface area contributed by atoms with Crippen LogP contribution in [0.4, 0.5) is 5.69 Å². The zero-order chi connectivity index (χ0) is 10.6. The summed E-state index contributed by atoms with van der Waals surface area (Å²) in [5.41, 5.74) is 3.41. The minimum absolute atomic E-state index is 0.544. The molecule has 0 saturated carbocycles. The summed E-state index contributed by atoms with van der Waals surface area (Å²) >= 11 is 0. The molecule has 0 aliphatic rings. The molecule has 1 aromatic rings. The van der Waals surface area contributed by atoms with Gasteiger partial charge < -0.3 is 5.32 Å². The fourth-order valence-electron chi connectivity index (χ4n) is 1.29. The number of hydrogen-bond donors (Lipinski definition) is 1. The molecule has 1 aromatic carbocycles. The zero-order valence-corrected chi connectivity index (χ0v) is 8.83. The molecule has 74 valence electrons. The minimum Gasteiger partial charge on any atom is -0.324 e. The third kappa shape index (κ3) is 2.19. The predicted molar refractivity (Wildman–Crippen MR) is 62.4 cm³/mol. The van der Waals surface area contributed by atoms with Crippen LogP contribution in [0.5, 0.6) is 0 Å². The summed E-state index contributed by atoms with van der Waals surface area (Å²) in [6.45, 7) is 7.54. The Morgan fingerprint density at radius 2 is 1.86 bits per heavy atom. The molecule has 0 aromatic heterocycles. The van der Waals surface area contributed by atoms with Crippen LogP contribution >= 0.6 is 0 Å². The Kier molecular flexibility index (Phi) is 3.40. The molecule has 0 aliphatic heterocycles. The molecule has 0 aliphatic carbocycles. The summed E-state index contributed by atoms with van der Waals surface area (Å²) in [6, 6.07) is 6.12. The first-order valence-corrected chi connectivity index (χ1v) is 4.45. The number of anilines is 1. The maximum absolute atomic E-state index is 3.96. The van der Waals surface area contributed by atoms with Crippen LogP contribution < -0.4 is 5.32 Å². The van der Waals surface area contributed by atoms with Gasteiger partial charge in [0.25, 0.3) is 0 Å². The maximum Gasteiger partial charge on any atom is 0.221 e. The topological polar surface area (TPSA) is 36.8 Å². The van der Waals surface area contributed by atoms with E-state index in [1.165, 1.54) is 11.1 Å². The monoisotopic (exact) mass is 189 g/mol. The third-order valence-electron chi connectivity index (χ3n) is 2.08. The normalized spacial score (nSPS) is 11.2. The highest BCUT2D eigenvalue weighted by atomic mass is 15.1. The van der Waals surface area contributed by atoms with Gasteiger partial charge in [-0.05, 0) is 31.7 Å². The smallest absolute Gasteiger partial charge is 0.221 e. The average Bonchev–Trinajstić information content (AvgIpc) is 2.18. The van der Waals surface area contributed by atoms with Gasteiger partial charge in [-0.15, -0.1) is 0 Å². The molecule has 3 heteroatoms. The molecule has 1 N–H and O–H groups in total. The lowest BCUT2D eigenvalue weighted by molar-refractivity contribution is 1.33. The summed E-state index contributed by atoms with van der Waals surface area (Å²) in [7, 11) is 1.69. The standard InChI is InChI=1S/C11H15N3/c1-8-6-5-7-9(2)10(8)14-11(12-3)13-4/h5-7H,3H2,1-2,4H3,(H,13,14). The lowest BCUT2D eigenvalue weighted by Crippen LogP contribution is -2.10. The summed E-state index contributed by atoms with van der Waals surface area (Å²) in [4.78, 5) is 7.73. The van der Waals surface area contributed by atoms with Gasteiger partial charge in [-0.25, -0.2) is 4.99 Å². The van der Waals surface area contributed by atoms with Crippen LogP contribution in [-0.4, -0.2) is 19.7 Å². The van der Waals surface area contributed by atoms with Crippen LogP contribution in [0, 0.1) is 13.8 Å². The van der Waals surface area contributed by atoms with Gasteiger partial charge in [0.05, 0.1) is 0 Å². The van der Waals surface area contributed by atoms with Crippen molar-refractivity contribution in [2.24, 2.45) is 9.98 Å². The molecule has 1 rings (SSSR count). The van der Waals surface area contributed by atoms with Crippen molar-refractivity contribution < 1.29 is 0 Å². The van der Waals surface area contributed by atoms with Gasteiger partial charge in [0.15, 0.2) is 0 Å². The van der Waals surface area contributed by atoms with E-state index < -0.39 is 0 Å². The van der Waals surface area contributed by atoms with E-state index in [4.69, 9.17) is 0 Å². The second kappa shape index (κ2) is 4.56. The molecule has 0 unspecified atom stereocenters.